The number of carbonyl (C=O) groups excluding carboxylic acids is 1. The van der Waals surface area contributed by atoms with E-state index in [1.54, 1.807) is 13.8 Å². The zero-order valence-electron chi connectivity index (χ0n) is 11.3. The lowest BCUT2D eigenvalue weighted by molar-refractivity contribution is 0.103. The molecule has 0 fully saturated rings. The lowest BCUT2D eigenvalue weighted by atomic mass is 9.96. The summed E-state index contributed by atoms with van der Waals surface area (Å²) < 4.78 is 0. The number of benzene rings is 2. The van der Waals surface area contributed by atoms with E-state index in [-0.39, 0.29) is 35.9 Å². The Morgan fingerprint density at radius 3 is 1.32 bits per heavy atom. The zero-order valence-corrected chi connectivity index (χ0v) is 15.9. The molecule has 0 aliphatic rings. The van der Waals surface area contributed by atoms with Crippen molar-refractivity contribution in [3.8, 4) is 0 Å². The molecule has 0 bridgehead atoms. The van der Waals surface area contributed by atoms with Gasteiger partial charge in [-0.2, -0.15) is 0 Å². The van der Waals surface area contributed by atoms with E-state index in [2.05, 4.69) is 0 Å². The molecule has 0 spiro atoms. The minimum Gasteiger partial charge on any atom is -0.289 e. The first-order valence-corrected chi connectivity index (χ1v) is 8.26. The third-order valence-electron chi connectivity index (χ3n) is 3.30. The fourth-order valence-electron chi connectivity index (χ4n) is 1.99. The van der Waals surface area contributed by atoms with Gasteiger partial charge in [0, 0.05) is 11.1 Å². The Morgan fingerprint density at radius 1 is 0.682 bits per heavy atom. The predicted octanol–water partition coefficient (Wildman–Crippen LogP) is 7.45. The quantitative estimate of drug-likeness (QED) is 0.367. The van der Waals surface area contributed by atoms with Crippen molar-refractivity contribution in [3.63, 3.8) is 0 Å². The maximum absolute atomic E-state index is 12.8. The third kappa shape index (κ3) is 3.08. The molecule has 22 heavy (non-hydrogen) atoms. The van der Waals surface area contributed by atoms with Crippen molar-refractivity contribution in [2.24, 2.45) is 0 Å². The van der Waals surface area contributed by atoms with Crippen LogP contribution in [0.25, 0.3) is 0 Å². The lowest BCUT2D eigenvalue weighted by Gasteiger charge is -2.13. The van der Waals surface area contributed by atoms with Crippen molar-refractivity contribution in [1.29, 1.82) is 0 Å². The zero-order chi connectivity index (χ0) is 16.8. The lowest BCUT2D eigenvalue weighted by Crippen LogP contribution is -2.07. The summed E-state index contributed by atoms with van der Waals surface area (Å²) in [4.78, 5) is 12.8. The van der Waals surface area contributed by atoms with Gasteiger partial charge in [-0.25, -0.2) is 0 Å². The van der Waals surface area contributed by atoms with Crippen LogP contribution in [0.5, 0.6) is 0 Å². The van der Waals surface area contributed by atoms with Crippen LogP contribution in [-0.4, -0.2) is 5.78 Å². The fraction of sp³-hybridized carbons (Fsp3) is 0.133. The largest absolute Gasteiger partial charge is 0.289 e. The van der Waals surface area contributed by atoms with Crippen LogP contribution < -0.4 is 0 Å². The Hall–Kier alpha value is -0.150. The van der Waals surface area contributed by atoms with Crippen molar-refractivity contribution in [3.05, 3.63) is 64.5 Å². The molecule has 116 valence electrons. The van der Waals surface area contributed by atoms with E-state index in [0.717, 1.165) is 0 Å². The van der Waals surface area contributed by atoms with Crippen LogP contribution in [0.1, 0.15) is 27.0 Å². The van der Waals surface area contributed by atoms with E-state index in [1.165, 1.54) is 12.1 Å². The van der Waals surface area contributed by atoms with Crippen LogP contribution in [-0.2, 0) is 0 Å². The first-order valence-electron chi connectivity index (χ1n) is 5.99. The van der Waals surface area contributed by atoms with Gasteiger partial charge in [-0.15, -0.1) is 0 Å². The molecule has 2 rings (SSSR count). The number of hydrogen-bond donors (Lipinski definition) is 0. The molecule has 2 aromatic rings. The molecule has 0 saturated carbocycles. The summed E-state index contributed by atoms with van der Waals surface area (Å²) in [6.07, 6.45) is 0. The molecule has 0 amide bonds. The Kier molecular flexibility index (Phi) is 5.59. The van der Waals surface area contributed by atoms with E-state index < -0.39 is 0 Å². The second kappa shape index (κ2) is 6.76. The molecule has 2 aromatic carbocycles. The van der Waals surface area contributed by atoms with Crippen molar-refractivity contribution < 1.29 is 4.79 Å². The highest BCUT2D eigenvalue weighted by Gasteiger charge is 2.22. The highest BCUT2D eigenvalue weighted by molar-refractivity contribution is 6.50. The minimum absolute atomic E-state index is 0.199. The second-order valence-corrected chi connectivity index (χ2v) is 6.97. The molecule has 0 aliphatic heterocycles. The first kappa shape index (κ1) is 18.2. The van der Waals surface area contributed by atoms with Gasteiger partial charge in [0.2, 0.25) is 0 Å². The topological polar surface area (TPSA) is 17.1 Å². The van der Waals surface area contributed by atoms with Crippen LogP contribution in [0.3, 0.4) is 0 Å². The Morgan fingerprint density at radius 2 is 1.00 bits per heavy atom. The van der Waals surface area contributed by atoms with Gasteiger partial charge in [0.1, 0.15) is 0 Å². The maximum Gasteiger partial charge on any atom is 0.193 e. The summed E-state index contributed by atoms with van der Waals surface area (Å²) in [5, 5.41) is 1.29. The third-order valence-corrected chi connectivity index (χ3v) is 6.02. The van der Waals surface area contributed by atoms with Gasteiger partial charge in [-0.05, 0) is 37.1 Å². The molecular formula is C15H8Cl6O. The van der Waals surface area contributed by atoms with Gasteiger partial charge in [0.15, 0.2) is 5.78 Å². The number of ketones is 1. The first-order chi connectivity index (χ1) is 10.2. The molecule has 0 aromatic heterocycles. The number of hydrogen-bond acceptors (Lipinski definition) is 1. The molecule has 0 atom stereocenters. The maximum atomic E-state index is 12.8. The molecule has 0 unspecified atom stereocenters. The number of rotatable bonds is 2. The summed E-state index contributed by atoms with van der Waals surface area (Å²) in [5.41, 5.74) is 1.72. The highest BCUT2D eigenvalue weighted by Crippen LogP contribution is 2.38. The SMILES string of the molecule is Cc1c(C(=O)c2cc(Cl)c(Cl)c(Cl)c2C)cc(Cl)c(Cl)c1Cl. The van der Waals surface area contributed by atoms with Gasteiger partial charge in [-0.1, -0.05) is 69.6 Å². The van der Waals surface area contributed by atoms with E-state index in [4.69, 9.17) is 69.6 Å². The van der Waals surface area contributed by atoms with Crippen molar-refractivity contribution in [1.82, 2.24) is 0 Å². The average Bonchev–Trinajstić information content (AvgIpc) is 2.49. The smallest absolute Gasteiger partial charge is 0.193 e. The summed E-state index contributed by atoms with van der Waals surface area (Å²) in [6.45, 7) is 3.37. The fourth-order valence-corrected chi connectivity index (χ4v) is 3.29. The molecule has 0 radical (unpaired) electrons. The van der Waals surface area contributed by atoms with Crippen LogP contribution in [0.2, 0.25) is 30.1 Å². The van der Waals surface area contributed by atoms with Gasteiger partial charge >= 0.3 is 0 Å². The normalized spacial score (nSPS) is 10.9. The number of halogens is 6. The molecule has 0 N–H and O–H groups in total. The van der Waals surface area contributed by atoms with Crippen molar-refractivity contribution in [2.75, 3.05) is 0 Å². The number of carbonyl (C=O) groups is 1. The minimum atomic E-state index is -0.309. The molecular weight excluding hydrogens is 409 g/mol. The molecule has 0 saturated heterocycles. The monoisotopic (exact) mass is 414 g/mol. The highest BCUT2D eigenvalue weighted by atomic mass is 35.5. The summed E-state index contributed by atoms with van der Waals surface area (Å²) >= 11 is 36.2. The van der Waals surface area contributed by atoms with E-state index >= 15 is 0 Å². The molecule has 0 heterocycles. The Balaban J connectivity index is 2.69. The summed E-state index contributed by atoms with van der Waals surface area (Å²) in [6, 6.07) is 2.95. The molecule has 0 aliphatic carbocycles. The van der Waals surface area contributed by atoms with Crippen LogP contribution in [0.4, 0.5) is 0 Å². The molecule has 7 heteroatoms. The summed E-state index contributed by atoms with van der Waals surface area (Å²) in [7, 11) is 0. The summed E-state index contributed by atoms with van der Waals surface area (Å²) in [5.74, 6) is -0.309. The average molecular weight is 417 g/mol. The van der Waals surface area contributed by atoms with E-state index in [9.17, 15) is 4.79 Å². The van der Waals surface area contributed by atoms with Crippen molar-refractivity contribution >= 4 is 75.4 Å². The Bertz CT molecular complexity index is 732. The van der Waals surface area contributed by atoms with Crippen molar-refractivity contribution in [2.45, 2.75) is 13.8 Å². The van der Waals surface area contributed by atoms with Crippen LogP contribution in [0, 0.1) is 13.8 Å². The van der Waals surface area contributed by atoms with Gasteiger partial charge < -0.3 is 0 Å². The van der Waals surface area contributed by atoms with Crippen LogP contribution in [0.15, 0.2) is 12.1 Å². The van der Waals surface area contributed by atoms with Gasteiger partial charge in [-0.3, -0.25) is 4.79 Å². The van der Waals surface area contributed by atoms with Gasteiger partial charge in [0.25, 0.3) is 0 Å². The van der Waals surface area contributed by atoms with Crippen LogP contribution >= 0.6 is 69.6 Å². The van der Waals surface area contributed by atoms with E-state index in [1.807, 2.05) is 0 Å². The standard InChI is InChI=1S/C15H8Cl6O/c1-5-7(3-9(16)13(20)11(5)18)15(22)8-4-10(17)14(21)12(19)6(8)2/h3-4H,1-2H3. The van der Waals surface area contributed by atoms with Gasteiger partial charge in [0.05, 0.1) is 30.1 Å². The Labute approximate surface area is 158 Å². The molecule has 1 nitrogen and oxygen atoms in total. The van der Waals surface area contributed by atoms with E-state index in [0.29, 0.717) is 22.3 Å². The second-order valence-electron chi connectivity index (χ2n) is 4.65. The predicted molar refractivity (Wildman–Crippen MR) is 95.9 cm³/mol.